The molecule has 0 aliphatic carbocycles. The maximum atomic E-state index is 11.6. The molecule has 6 nitrogen and oxygen atoms in total. The Bertz CT molecular complexity index is 949. The van der Waals surface area contributed by atoms with Gasteiger partial charge in [-0.25, -0.2) is 0 Å². The minimum atomic E-state index is -0.103. The van der Waals surface area contributed by atoms with Crippen LogP contribution < -0.4 is 0 Å². The van der Waals surface area contributed by atoms with Gasteiger partial charge < -0.3 is 4.74 Å². The van der Waals surface area contributed by atoms with Crippen molar-refractivity contribution in [2.45, 2.75) is 19.4 Å². The molecule has 0 unspecified atom stereocenters. The minimum absolute atomic E-state index is 0.103. The second-order valence-electron chi connectivity index (χ2n) is 6.51. The zero-order valence-electron chi connectivity index (χ0n) is 15.0. The molecule has 0 N–H and O–H groups in total. The van der Waals surface area contributed by atoms with Gasteiger partial charge in [0.2, 0.25) is 11.8 Å². The average Bonchev–Trinajstić information content (AvgIpc) is 3.23. The van der Waals surface area contributed by atoms with Crippen LogP contribution in [0.1, 0.15) is 12.8 Å². The third-order valence-electron chi connectivity index (χ3n) is 4.77. The Kier molecular flexibility index (Phi) is 4.98. The van der Waals surface area contributed by atoms with Crippen LogP contribution >= 0.6 is 0 Å². The Morgan fingerprint density at radius 3 is 2.30 bits per heavy atom. The summed E-state index contributed by atoms with van der Waals surface area (Å²) in [5.74, 6) is -0.205. The second kappa shape index (κ2) is 7.72. The van der Waals surface area contributed by atoms with Crippen LogP contribution in [0.5, 0.6) is 0 Å². The van der Waals surface area contributed by atoms with Crippen LogP contribution in [0.4, 0.5) is 0 Å². The lowest BCUT2D eigenvalue weighted by molar-refractivity contribution is -0.139. The molecule has 2 heterocycles. The van der Waals surface area contributed by atoms with Gasteiger partial charge >= 0.3 is 0 Å². The molecule has 6 heteroatoms. The molecule has 0 radical (unpaired) electrons. The fraction of sp³-hybridized carbons (Fsp3) is 0.286. The van der Waals surface area contributed by atoms with Gasteiger partial charge in [0, 0.05) is 23.8 Å². The van der Waals surface area contributed by atoms with Gasteiger partial charge in [-0.15, -0.1) is 0 Å². The quantitative estimate of drug-likeness (QED) is 0.478. The first-order valence-corrected chi connectivity index (χ1v) is 9.16. The van der Waals surface area contributed by atoms with E-state index in [0.29, 0.717) is 39.1 Å². The zero-order chi connectivity index (χ0) is 18.6. The smallest absolute Gasteiger partial charge is 0.229 e. The van der Waals surface area contributed by atoms with Gasteiger partial charge in [0.15, 0.2) is 0 Å². The van der Waals surface area contributed by atoms with Gasteiger partial charge in [0.25, 0.3) is 0 Å². The van der Waals surface area contributed by atoms with Crippen molar-refractivity contribution in [3.05, 3.63) is 54.6 Å². The second-order valence-corrected chi connectivity index (χ2v) is 6.51. The highest BCUT2D eigenvalue weighted by molar-refractivity contribution is 6.01. The van der Waals surface area contributed by atoms with Gasteiger partial charge in [-0.1, -0.05) is 48.5 Å². The standard InChI is InChI=1S/C21H21N3O3/c25-19-10-11-20(26)23(19)12-14-27-15-13-24-18-9-5-4-8-17(18)21(22-24)16-6-2-1-3-7-16/h1-9H,10-15H2. The van der Waals surface area contributed by atoms with Crippen molar-refractivity contribution in [1.82, 2.24) is 14.7 Å². The third kappa shape index (κ3) is 3.61. The molecule has 27 heavy (non-hydrogen) atoms. The van der Waals surface area contributed by atoms with E-state index in [0.717, 1.165) is 22.2 Å². The Hall–Kier alpha value is -2.99. The molecule has 4 rings (SSSR count). The Balaban J connectivity index is 1.41. The van der Waals surface area contributed by atoms with E-state index >= 15 is 0 Å². The molecule has 0 bridgehead atoms. The number of nitrogens with zero attached hydrogens (tertiary/aromatic N) is 3. The number of fused-ring (bicyclic) bond motifs is 1. The summed E-state index contributed by atoms with van der Waals surface area (Å²) in [4.78, 5) is 24.5. The van der Waals surface area contributed by atoms with E-state index in [1.165, 1.54) is 4.90 Å². The summed E-state index contributed by atoms with van der Waals surface area (Å²) < 4.78 is 7.60. The molecule has 0 saturated carbocycles. The SMILES string of the molecule is O=C1CCC(=O)N1CCOCCn1nc(-c2ccccc2)c2ccccc21. The van der Waals surface area contributed by atoms with Crippen molar-refractivity contribution in [3.8, 4) is 11.3 Å². The molecule has 1 aliphatic heterocycles. The third-order valence-corrected chi connectivity index (χ3v) is 4.77. The van der Waals surface area contributed by atoms with Crippen molar-refractivity contribution in [2.75, 3.05) is 19.8 Å². The summed E-state index contributed by atoms with van der Waals surface area (Å²) in [6, 6.07) is 18.3. The molecule has 0 spiro atoms. The zero-order valence-corrected chi connectivity index (χ0v) is 15.0. The molecule has 138 valence electrons. The molecular formula is C21H21N3O3. The normalized spacial score (nSPS) is 14.4. The van der Waals surface area contributed by atoms with Crippen molar-refractivity contribution in [1.29, 1.82) is 0 Å². The maximum absolute atomic E-state index is 11.6. The molecule has 1 aromatic heterocycles. The highest BCUT2D eigenvalue weighted by Gasteiger charge is 2.28. The number of amides is 2. The van der Waals surface area contributed by atoms with Crippen LogP contribution in [-0.4, -0.2) is 46.3 Å². The number of hydrogen-bond donors (Lipinski definition) is 0. The highest BCUT2D eigenvalue weighted by Crippen LogP contribution is 2.27. The van der Waals surface area contributed by atoms with Gasteiger partial charge in [-0.3, -0.25) is 19.2 Å². The summed E-state index contributed by atoms with van der Waals surface area (Å²) in [5.41, 5.74) is 3.10. The molecule has 1 saturated heterocycles. The molecule has 0 atom stereocenters. The van der Waals surface area contributed by atoms with E-state index in [1.807, 2.05) is 35.0 Å². The topological polar surface area (TPSA) is 64.4 Å². The summed E-state index contributed by atoms with van der Waals surface area (Å²) in [7, 11) is 0. The maximum Gasteiger partial charge on any atom is 0.229 e. The Morgan fingerprint density at radius 1 is 0.852 bits per heavy atom. The van der Waals surface area contributed by atoms with Crippen LogP contribution in [0, 0.1) is 0 Å². The minimum Gasteiger partial charge on any atom is -0.378 e. The first-order valence-electron chi connectivity index (χ1n) is 9.16. The van der Waals surface area contributed by atoms with E-state index in [1.54, 1.807) is 0 Å². The molecular weight excluding hydrogens is 342 g/mol. The van der Waals surface area contributed by atoms with Crippen molar-refractivity contribution in [2.24, 2.45) is 0 Å². The monoisotopic (exact) mass is 363 g/mol. The summed E-state index contributed by atoms with van der Waals surface area (Å²) in [6.45, 7) is 1.75. The number of para-hydroxylation sites is 1. The fourth-order valence-electron chi connectivity index (χ4n) is 3.39. The molecule has 2 amide bonds. The van der Waals surface area contributed by atoms with Gasteiger partial charge in [0.1, 0.15) is 5.69 Å². The number of likely N-dealkylation sites (tertiary alicyclic amines) is 1. The van der Waals surface area contributed by atoms with Crippen LogP contribution in [0.15, 0.2) is 54.6 Å². The van der Waals surface area contributed by atoms with Gasteiger partial charge in [0.05, 0.1) is 31.8 Å². The number of aromatic nitrogens is 2. The lowest BCUT2D eigenvalue weighted by atomic mass is 10.1. The molecule has 1 aliphatic rings. The Morgan fingerprint density at radius 2 is 1.52 bits per heavy atom. The predicted molar refractivity (Wildman–Crippen MR) is 102 cm³/mol. The number of carbonyl (C=O) groups is 2. The van der Waals surface area contributed by atoms with E-state index in [4.69, 9.17) is 9.84 Å². The average molecular weight is 363 g/mol. The van der Waals surface area contributed by atoms with E-state index in [9.17, 15) is 9.59 Å². The van der Waals surface area contributed by atoms with Crippen LogP contribution in [0.25, 0.3) is 22.2 Å². The van der Waals surface area contributed by atoms with Crippen LogP contribution in [0.3, 0.4) is 0 Å². The van der Waals surface area contributed by atoms with Gasteiger partial charge in [-0.2, -0.15) is 5.10 Å². The lowest BCUT2D eigenvalue weighted by Gasteiger charge is -2.13. The van der Waals surface area contributed by atoms with Gasteiger partial charge in [-0.05, 0) is 6.07 Å². The van der Waals surface area contributed by atoms with E-state index < -0.39 is 0 Å². The largest absolute Gasteiger partial charge is 0.378 e. The molecule has 3 aromatic rings. The van der Waals surface area contributed by atoms with Crippen molar-refractivity contribution >= 4 is 22.7 Å². The lowest BCUT2D eigenvalue weighted by Crippen LogP contribution is -2.32. The first kappa shape index (κ1) is 17.4. The number of imide groups is 1. The summed E-state index contributed by atoms with van der Waals surface area (Å²) in [5, 5.41) is 5.89. The van der Waals surface area contributed by atoms with E-state index in [2.05, 4.69) is 24.3 Å². The van der Waals surface area contributed by atoms with E-state index in [-0.39, 0.29) is 11.8 Å². The van der Waals surface area contributed by atoms with Crippen LogP contribution in [0.2, 0.25) is 0 Å². The number of carbonyl (C=O) groups excluding carboxylic acids is 2. The van der Waals surface area contributed by atoms with Crippen molar-refractivity contribution < 1.29 is 14.3 Å². The summed E-state index contributed by atoms with van der Waals surface area (Å²) in [6.07, 6.45) is 0.640. The predicted octanol–water partition coefficient (Wildman–Crippen LogP) is 2.87. The number of rotatable bonds is 7. The number of ether oxygens (including phenoxy) is 1. The van der Waals surface area contributed by atoms with Crippen molar-refractivity contribution in [3.63, 3.8) is 0 Å². The fourth-order valence-corrected chi connectivity index (χ4v) is 3.39. The first-order chi connectivity index (χ1) is 13.2. The number of benzene rings is 2. The summed E-state index contributed by atoms with van der Waals surface area (Å²) >= 11 is 0. The molecule has 2 aromatic carbocycles. The highest BCUT2D eigenvalue weighted by atomic mass is 16.5. The molecule has 1 fully saturated rings. The van der Waals surface area contributed by atoms with Crippen LogP contribution in [-0.2, 0) is 20.9 Å². The number of hydrogen-bond acceptors (Lipinski definition) is 4. The Labute approximate surface area is 157 Å².